The molecule has 8 heteroatoms. The molecule has 0 saturated carbocycles. The van der Waals surface area contributed by atoms with Crippen molar-refractivity contribution in [2.45, 2.75) is 18.8 Å². The Morgan fingerprint density at radius 3 is 2.43 bits per heavy atom. The molecule has 3 aromatic rings. The highest BCUT2D eigenvalue weighted by atomic mass is 32.1. The normalized spacial score (nSPS) is 13.0. The lowest BCUT2D eigenvalue weighted by Gasteiger charge is -2.29. The van der Waals surface area contributed by atoms with Crippen LogP contribution in [0.15, 0.2) is 47.8 Å². The van der Waals surface area contributed by atoms with Crippen LogP contribution in [0.4, 0.5) is 10.8 Å². The van der Waals surface area contributed by atoms with Gasteiger partial charge in [-0.15, -0.1) is 11.3 Å². The fraction of sp³-hybridized carbons (Fsp3) is 0.250. The molecule has 0 bridgehead atoms. The van der Waals surface area contributed by atoms with Crippen LogP contribution < -0.4 is 15.2 Å². The van der Waals surface area contributed by atoms with Crippen LogP contribution in [0, 0.1) is 10.1 Å². The number of hydrogen-bond acceptors (Lipinski definition) is 7. The van der Waals surface area contributed by atoms with E-state index in [1.54, 1.807) is 26.4 Å². The number of benzene rings is 2. The fourth-order valence-corrected chi connectivity index (χ4v) is 3.93. The van der Waals surface area contributed by atoms with E-state index in [2.05, 4.69) is 4.98 Å². The monoisotopic (exact) mass is 399 g/mol. The van der Waals surface area contributed by atoms with E-state index in [-0.39, 0.29) is 5.69 Å². The Morgan fingerprint density at radius 2 is 1.89 bits per heavy atom. The topological polar surface area (TPSA) is 101 Å². The third-order valence-electron chi connectivity index (χ3n) is 4.83. The number of nitro benzene ring substituents is 1. The number of rotatable bonds is 7. The maximum absolute atomic E-state index is 11.3. The molecule has 146 valence electrons. The van der Waals surface area contributed by atoms with Gasteiger partial charge in [-0.1, -0.05) is 12.1 Å². The molecule has 0 aliphatic heterocycles. The molecule has 1 atom stereocenters. The second-order valence-electron chi connectivity index (χ2n) is 6.56. The number of anilines is 1. The Hall–Kier alpha value is -3.13. The molecule has 0 aliphatic carbocycles. The Morgan fingerprint density at radius 1 is 1.18 bits per heavy atom. The molecule has 0 spiro atoms. The van der Waals surface area contributed by atoms with E-state index >= 15 is 0 Å². The summed E-state index contributed by atoms with van der Waals surface area (Å²) < 4.78 is 10.7. The predicted molar refractivity (Wildman–Crippen MR) is 109 cm³/mol. The van der Waals surface area contributed by atoms with Gasteiger partial charge < -0.3 is 15.2 Å². The van der Waals surface area contributed by atoms with Crippen LogP contribution in [0.1, 0.15) is 23.7 Å². The van der Waals surface area contributed by atoms with Gasteiger partial charge in [-0.2, -0.15) is 0 Å². The molecule has 0 aliphatic rings. The van der Waals surface area contributed by atoms with Crippen molar-refractivity contribution in [2.75, 3.05) is 20.0 Å². The van der Waals surface area contributed by atoms with Crippen LogP contribution in [0.2, 0.25) is 0 Å². The number of nitrogens with two attached hydrogens (primary N) is 1. The zero-order chi connectivity index (χ0) is 20.3. The van der Waals surface area contributed by atoms with Crippen molar-refractivity contribution < 1.29 is 14.4 Å². The number of ether oxygens (including phenoxy) is 2. The number of thiazole rings is 1. The first-order chi connectivity index (χ1) is 13.4. The Kier molecular flexibility index (Phi) is 5.51. The average molecular weight is 399 g/mol. The van der Waals surface area contributed by atoms with Gasteiger partial charge in [0, 0.05) is 28.5 Å². The average Bonchev–Trinajstić information content (AvgIpc) is 3.15. The van der Waals surface area contributed by atoms with E-state index in [0.29, 0.717) is 17.3 Å². The molecule has 0 amide bonds. The SMILES string of the molecule is COc1ccc(C(C)(Cc2cc([N+](=O)[O-])ccc2OC)c2csc(N)n2)cc1. The number of aromatic nitrogens is 1. The first kappa shape index (κ1) is 19.6. The molecule has 7 nitrogen and oxygen atoms in total. The number of methoxy groups -OCH3 is 2. The molecule has 1 aromatic heterocycles. The summed E-state index contributed by atoms with van der Waals surface area (Å²) in [6.07, 6.45) is 0.452. The summed E-state index contributed by atoms with van der Waals surface area (Å²) >= 11 is 1.36. The van der Waals surface area contributed by atoms with Crippen LogP contribution in [-0.4, -0.2) is 24.1 Å². The Bertz CT molecular complexity index is 987. The van der Waals surface area contributed by atoms with E-state index in [0.717, 1.165) is 22.6 Å². The zero-order valence-electron chi connectivity index (χ0n) is 15.8. The fourth-order valence-electron chi connectivity index (χ4n) is 3.24. The molecular formula is C20H21N3O4S. The molecule has 3 rings (SSSR count). The second-order valence-corrected chi connectivity index (χ2v) is 7.45. The number of nitro groups is 1. The lowest BCUT2D eigenvalue weighted by molar-refractivity contribution is -0.384. The lowest BCUT2D eigenvalue weighted by atomic mass is 9.75. The highest BCUT2D eigenvalue weighted by Crippen LogP contribution is 2.39. The molecule has 0 fully saturated rings. The maximum Gasteiger partial charge on any atom is 0.269 e. The quantitative estimate of drug-likeness (QED) is 0.472. The largest absolute Gasteiger partial charge is 0.497 e. The molecule has 0 radical (unpaired) electrons. The minimum absolute atomic E-state index is 0.0191. The van der Waals surface area contributed by atoms with E-state index in [1.165, 1.54) is 17.4 Å². The van der Waals surface area contributed by atoms with Gasteiger partial charge in [-0.05, 0) is 37.1 Å². The number of nitrogens with zero attached hydrogens (tertiary/aromatic N) is 2. The predicted octanol–water partition coefficient (Wildman–Crippen LogP) is 4.20. The first-order valence-corrected chi connectivity index (χ1v) is 9.42. The van der Waals surface area contributed by atoms with Gasteiger partial charge in [0.2, 0.25) is 0 Å². The standard InChI is InChI=1S/C20H21N3O4S/c1-20(18-12-28-19(21)22-18,14-4-7-16(26-2)8-5-14)11-13-10-15(23(24)25)6-9-17(13)27-3/h4-10,12H,11H2,1-3H3,(H2,21,22). The second kappa shape index (κ2) is 7.85. The third kappa shape index (κ3) is 3.77. The van der Waals surface area contributed by atoms with Gasteiger partial charge >= 0.3 is 0 Å². The van der Waals surface area contributed by atoms with Crippen molar-refractivity contribution >= 4 is 22.2 Å². The van der Waals surface area contributed by atoms with Gasteiger partial charge in [0.15, 0.2) is 5.13 Å². The smallest absolute Gasteiger partial charge is 0.269 e. The van der Waals surface area contributed by atoms with Gasteiger partial charge in [-0.3, -0.25) is 10.1 Å². The highest BCUT2D eigenvalue weighted by Gasteiger charge is 2.33. The highest BCUT2D eigenvalue weighted by molar-refractivity contribution is 7.13. The van der Waals surface area contributed by atoms with E-state index in [1.807, 2.05) is 36.6 Å². The lowest BCUT2D eigenvalue weighted by Crippen LogP contribution is -2.27. The van der Waals surface area contributed by atoms with E-state index < -0.39 is 10.3 Å². The molecule has 28 heavy (non-hydrogen) atoms. The Balaban J connectivity index is 2.12. The van der Waals surface area contributed by atoms with E-state index in [4.69, 9.17) is 15.2 Å². The van der Waals surface area contributed by atoms with Crippen LogP contribution in [0.5, 0.6) is 11.5 Å². The third-order valence-corrected chi connectivity index (χ3v) is 5.51. The van der Waals surface area contributed by atoms with Crippen molar-refractivity contribution in [3.8, 4) is 11.5 Å². The summed E-state index contributed by atoms with van der Waals surface area (Å²) in [5.74, 6) is 1.34. The molecule has 1 unspecified atom stereocenters. The van der Waals surface area contributed by atoms with Gasteiger partial charge in [-0.25, -0.2) is 4.98 Å². The Labute approximate surface area is 166 Å². The van der Waals surface area contributed by atoms with Crippen molar-refractivity contribution in [1.82, 2.24) is 4.98 Å². The minimum Gasteiger partial charge on any atom is -0.497 e. The maximum atomic E-state index is 11.3. The van der Waals surface area contributed by atoms with Crippen molar-refractivity contribution in [3.63, 3.8) is 0 Å². The molecule has 0 saturated heterocycles. The molecule has 2 aromatic carbocycles. The van der Waals surface area contributed by atoms with Crippen LogP contribution in [-0.2, 0) is 11.8 Å². The van der Waals surface area contributed by atoms with Crippen molar-refractivity contribution in [3.05, 3.63) is 74.8 Å². The van der Waals surface area contributed by atoms with Crippen LogP contribution in [0.3, 0.4) is 0 Å². The van der Waals surface area contributed by atoms with Crippen molar-refractivity contribution in [2.24, 2.45) is 0 Å². The molecule has 1 heterocycles. The summed E-state index contributed by atoms with van der Waals surface area (Å²) in [5.41, 5.74) is 7.85. The first-order valence-electron chi connectivity index (χ1n) is 8.54. The zero-order valence-corrected chi connectivity index (χ0v) is 16.7. The van der Waals surface area contributed by atoms with Gasteiger partial charge in [0.1, 0.15) is 11.5 Å². The number of hydrogen-bond donors (Lipinski definition) is 1. The summed E-state index contributed by atoms with van der Waals surface area (Å²) in [7, 11) is 3.17. The van der Waals surface area contributed by atoms with Gasteiger partial charge in [0.05, 0.1) is 24.8 Å². The number of nitrogen functional groups attached to an aromatic ring is 1. The van der Waals surface area contributed by atoms with Gasteiger partial charge in [0.25, 0.3) is 5.69 Å². The summed E-state index contributed by atoms with van der Waals surface area (Å²) in [6.45, 7) is 2.04. The van der Waals surface area contributed by atoms with Crippen molar-refractivity contribution in [1.29, 1.82) is 0 Å². The van der Waals surface area contributed by atoms with Crippen LogP contribution >= 0.6 is 11.3 Å². The summed E-state index contributed by atoms with van der Waals surface area (Å²) in [4.78, 5) is 15.3. The molecule has 2 N–H and O–H groups in total. The van der Waals surface area contributed by atoms with E-state index in [9.17, 15) is 10.1 Å². The summed E-state index contributed by atoms with van der Waals surface area (Å²) in [6, 6.07) is 12.3. The molecular weight excluding hydrogens is 378 g/mol. The summed E-state index contributed by atoms with van der Waals surface area (Å²) in [5, 5.41) is 13.6. The van der Waals surface area contributed by atoms with Crippen LogP contribution in [0.25, 0.3) is 0 Å². The minimum atomic E-state index is -0.567. The number of non-ortho nitro benzene ring substituents is 1.